The number of aliphatic hydroxyl groups excluding tert-OH is 1. The number of aliphatic hydroxyl groups is 1. The zero-order valence-corrected chi connectivity index (χ0v) is 15.3. The minimum Gasteiger partial charge on any atom is -0.392 e. The summed E-state index contributed by atoms with van der Waals surface area (Å²) >= 11 is 0. The number of anilines is 1. The van der Waals surface area contributed by atoms with E-state index in [1.54, 1.807) is 6.92 Å². The molecule has 1 aromatic rings. The van der Waals surface area contributed by atoms with E-state index in [4.69, 9.17) is 0 Å². The van der Waals surface area contributed by atoms with Crippen molar-refractivity contribution in [3.05, 3.63) is 29.6 Å². The van der Waals surface area contributed by atoms with E-state index in [2.05, 4.69) is 10.6 Å². The number of imide groups is 1. The predicted molar refractivity (Wildman–Crippen MR) is 93.9 cm³/mol. The average molecular weight is 375 g/mol. The molecule has 4 rings (SSSR count). The standard InChI is InChI=1S/C19H22FN3O4/c1-4-8(2)23-16(25)13-14(17(23)26)19(22-15(13)9(3)24)11-7-10(20)5-6-12(11)21-18(19)27/h5-9,13-15,22,24H,4H2,1-3H3,(H,21,27)/t8-,9+,13+,14+,15-,19+/m1/s1. The Balaban J connectivity index is 1.92. The highest BCUT2D eigenvalue weighted by Crippen LogP contribution is 2.53. The largest absolute Gasteiger partial charge is 0.392 e. The lowest BCUT2D eigenvalue weighted by molar-refractivity contribution is -0.145. The van der Waals surface area contributed by atoms with Crippen LogP contribution in [-0.2, 0) is 19.9 Å². The van der Waals surface area contributed by atoms with Gasteiger partial charge in [0.2, 0.25) is 17.7 Å². The van der Waals surface area contributed by atoms with E-state index in [1.807, 2.05) is 6.92 Å². The maximum Gasteiger partial charge on any atom is 0.250 e. The zero-order valence-electron chi connectivity index (χ0n) is 15.3. The van der Waals surface area contributed by atoms with Crippen LogP contribution in [0.15, 0.2) is 18.2 Å². The molecule has 7 nitrogen and oxygen atoms in total. The Morgan fingerprint density at radius 2 is 1.96 bits per heavy atom. The molecule has 0 radical (unpaired) electrons. The van der Waals surface area contributed by atoms with Crippen LogP contribution < -0.4 is 10.6 Å². The quantitative estimate of drug-likeness (QED) is 0.677. The van der Waals surface area contributed by atoms with Gasteiger partial charge in [0, 0.05) is 23.3 Å². The lowest BCUT2D eigenvalue weighted by Crippen LogP contribution is -2.55. The van der Waals surface area contributed by atoms with Crippen molar-refractivity contribution in [3.8, 4) is 0 Å². The smallest absolute Gasteiger partial charge is 0.250 e. The molecule has 3 heterocycles. The second kappa shape index (κ2) is 5.84. The van der Waals surface area contributed by atoms with Gasteiger partial charge in [-0.15, -0.1) is 0 Å². The topological polar surface area (TPSA) is 98.7 Å². The summed E-state index contributed by atoms with van der Waals surface area (Å²) in [5, 5.41) is 16.0. The number of halogens is 1. The zero-order chi connectivity index (χ0) is 19.7. The first kappa shape index (κ1) is 18.1. The summed E-state index contributed by atoms with van der Waals surface area (Å²) in [5.74, 6) is -3.81. The van der Waals surface area contributed by atoms with E-state index in [9.17, 15) is 23.9 Å². The van der Waals surface area contributed by atoms with Gasteiger partial charge in [-0.25, -0.2) is 4.39 Å². The van der Waals surface area contributed by atoms with Crippen LogP contribution in [0.2, 0.25) is 0 Å². The van der Waals surface area contributed by atoms with Gasteiger partial charge in [0.25, 0.3) is 0 Å². The van der Waals surface area contributed by atoms with Crippen molar-refractivity contribution in [3.63, 3.8) is 0 Å². The highest BCUT2D eigenvalue weighted by molar-refractivity contribution is 6.15. The number of carbonyl (C=O) groups is 3. The first-order chi connectivity index (χ1) is 12.7. The number of carbonyl (C=O) groups excluding carboxylic acids is 3. The molecule has 2 fully saturated rings. The van der Waals surface area contributed by atoms with Gasteiger partial charge < -0.3 is 10.4 Å². The highest BCUT2D eigenvalue weighted by Gasteiger charge is 2.71. The molecule has 2 saturated heterocycles. The number of hydrogen-bond acceptors (Lipinski definition) is 5. The molecule has 6 atom stereocenters. The van der Waals surface area contributed by atoms with Gasteiger partial charge in [-0.3, -0.25) is 24.6 Å². The van der Waals surface area contributed by atoms with Crippen molar-refractivity contribution in [2.45, 2.75) is 50.9 Å². The third-order valence-electron chi connectivity index (χ3n) is 6.20. The Morgan fingerprint density at radius 3 is 2.59 bits per heavy atom. The Labute approximate surface area is 155 Å². The maximum absolute atomic E-state index is 14.0. The summed E-state index contributed by atoms with van der Waals surface area (Å²) in [6, 6.07) is 2.77. The Hall–Kier alpha value is -2.32. The minimum atomic E-state index is -1.57. The molecular formula is C19H22FN3O4. The average Bonchev–Trinajstić information content (AvgIpc) is 3.20. The molecule has 3 aliphatic rings. The maximum atomic E-state index is 14.0. The second-order valence-corrected chi connectivity index (χ2v) is 7.67. The van der Waals surface area contributed by atoms with Crippen molar-refractivity contribution in [2.75, 3.05) is 5.32 Å². The molecule has 144 valence electrons. The molecule has 3 amide bonds. The molecule has 8 heteroatoms. The number of amides is 3. The molecule has 0 unspecified atom stereocenters. The first-order valence-electron chi connectivity index (χ1n) is 9.18. The summed E-state index contributed by atoms with van der Waals surface area (Å²) in [7, 11) is 0. The van der Waals surface area contributed by atoms with Crippen LogP contribution in [0.1, 0.15) is 32.8 Å². The summed E-state index contributed by atoms with van der Waals surface area (Å²) in [4.78, 5) is 40.6. The summed E-state index contributed by atoms with van der Waals surface area (Å²) in [5.41, 5.74) is -0.863. The van der Waals surface area contributed by atoms with E-state index < -0.39 is 53.1 Å². The molecule has 3 aliphatic heterocycles. The van der Waals surface area contributed by atoms with Crippen LogP contribution in [0.3, 0.4) is 0 Å². The Kier molecular flexibility index (Phi) is 3.91. The van der Waals surface area contributed by atoms with Crippen molar-refractivity contribution in [2.24, 2.45) is 11.8 Å². The molecule has 1 spiro atoms. The van der Waals surface area contributed by atoms with Gasteiger partial charge >= 0.3 is 0 Å². The third kappa shape index (κ3) is 2.17. The van der Waals surface area contributed by atoms with Crippen LogP contribution >= 0.6 is 0 Å². The molecule has 27 heavy (non-hydrogen) atoms. The summed E-state index contributed by atoms with van der Waals surface area (Å²) in [6.07, 6.45) is -0.399. The number of nitrogens with one attached hydrogen (secondary N) is 2. The molecule has 0 bridgehead atoms. The molecule has 0 saturated carbocycles. The SMILES string of the molecule is CC[C@@H](C)N1C(=O)[C@@H]2[C@@H]([C@H](C)O)N[C@]3(C(=O)Nc4ccc(F)cc43)[C@@H]2C1=O. The number of benzene rings is 1. The number of fused-ring (bicyclic) bond motifs is 4. The fourth-order valence-corrected chi connectivity index (χ4v) is 4.76. The van der Waals surface area contributed by atoms with Gasteiger partial charge in [-0.05, 0) is 38.5 Å². The fraction of sp³-hybridized carbons (Fsp3) is 0.526. The molecule has 1 aromatic carbocycles. The molecule has 0 aromatic heterocycles. The first-order valence-corrected chi connectivity index (χ1v) is 9.18. The van der Waals surface area contributed by atoms with Crippen molar-refractivity contribution in [1.82, 2.24) is 10.2 Å². The van der Waals surface area contributed by atoms with E-state index in [0.29, 0.717) is 17.7 Å². The minimum absolute atomic E-state index is 0.304. The van der Waals surface area contributed by atoms with Crippen molar-refractivity contribution < 1.29 is 23.9 Å². The molecular weight excluding hydrogens is 353 g/mol. The van der Waals surface area contributed by atoms with Crippen LogP contribution in [0.4, 0.5) is 10.1 Å². The van der Waals surface area contributed by atoms with Gasteiger partial charge in [-0.2, -0.15) is 0 Å². The van der Waals surface area contributed by atoms with Gasteiger partial charge in [0.05, 0.1) is 17.9 Å². The van der Waals surface area contributed by atoms with Crippen LogP contribution in [0.25, 0.3) is 0 Å². The van der Waals surface area contributed by atoms with Crippen molar-refractivity contribution >= 4 is 23.4 Å². The second-order valence-electron chi connectivity index (χ2n) is 7.67. The monoisotopic (exact) mass is 375 g/mol. The molecule has 3 N–H and O–H groups in total. The van der Waals surface area contributed by atoms with E-state index >= 15 is 0 Å². The van der Waals surface area contributed by atoms with E-state index in [1.165, 1.54) is 30.0 Å². The predicted octanol–water partition coefficient (Wildman–Crippen LogP) is 0.725. The van der Waals surface area contributed by atoms with E-state index in [-0.39, 0.29) is 6.04 Å². The summed E-state index contributed by atoms with van der Waals surface area (Å²) in [6.45, 7) is 5.15. The number of nitrogens with zero attached hydrogens (tertiary/aromatic N) is 1. The lowest BCUT2D eigenvalue weighted by Gasteiger charge is -2.31. The van der Waals surface area contributed by atoms with E-state index in [0.717, 1.165) is 0 Å². The normalized spacial score (nSPS) is 34.0. The number of rotatable bonds is 3. The van der Waals surface area contributed by atoms with Crippen molar-refractivity contribution in [1.29, 1.82) is 0 Å². The Morgan fingerprint density at radius 1 is 1.26 bits per heavy atom. The fourth-order valence-electron chi connectivity index (χ4n) is 4.76. The van der Waals surface area contributed by atoms with Crippen LogP contribution in [0, 0.1) is 17.7 Å². The molecule has 0 aliphatic carbocycles. The Bertz CT molecular complexity index is 857. The third-order valence-corrected chi connectivity index (χ3v) is 6.20. The summed E-state index contributed by atoms with van der Waals surface area (Å²) < 4.78 is 14.0. The number of hydrogen-bond donors (Lipinski definition) is 3. The highest BCUT2D eigenvalue weighted by atomic mass is 19.1. The number of likely N-dealkylation sites (tertiary alicyclic amines) is 1. The van der Waals surface area contributed by atoms with Crippen LogP contribution in [0.5, 0.6) is 0 Å². The van der Waals surface area contributed by atoms with Gasteiger partial charge in [-0.1, -0.05) is 6.92 Å². The van der Waals surface area contributed by atoms with Gasteiger partial charge in [0.1, 0.15) is 11.4 Å². The van der Waals surface area contributed by atoms with Crippen LogP contribution in [-0.4, -0.2) is 45.9 Å². The van der Waals surface area contributed by atoms with Gasteiger partial charge in [0.15, 0.2) is 0 Å². The lowest BCUT2D eigenvalue weighted by atomic mass is 9.76.